The number of nitrogens with zero attached hydrogens (tertiary/aromatic N) is 5. The molecule has 2 aromatic rings. The van der Waals surface area contributed by atoms with Gasteiger partial charge in [0.15, 0.2) is 5.16 Å². The minimum absolute atomic E-state index is 0.0149. The summed E-state index contributed by atoms with van der Waals surface area (Å²) in [6.45, 7) is 5.21. The van der Waals surface area contributed by atoms with Gasteiger partial charge in [0.1, 0.15) is 5.82 Å². The van der Waals surface area contributed by atoms with E-state index in [1.54, 1.807) is 6.20 Å². The van der Waals surface area contributed by atoms with Gasteiger partial charge in [0.25, 0.3) is 0 Å². The quantitative estimate of drug-likeness (QED) is 0.794. The first kappa shape index (κ1) is 13.6. The molecule has 8 heteroatoms. The third-order valence-corrected chi connectivity index (χ3v) is 3.49. The lowest BCUT2D eigenvalue weighted by Crippen LogP contribution is -2.11. The zero-order valence-corrected chi connectivity index (χ0v) is 11.6. The predicted octanol–water partition coefficient (Wildman–Crippen LogP) is 0.968. The molecule has 0 aliphatic heterocycles. The van der Waals surface area contributed by atoms with Gasteiger partial charge in [0, 0.05) is 12.7 Å². The second-order valence-corrected chi connectivity index (χ2v) is 5.09. The second kappa shape index (κ2) is 5.87. The van der Waals surface area contributed by atoms with Crippen LogP contribution in [0.1, 0.15) is 11.4 Å². The molecule has 0 saturated carbocycles. The van der Waals surface area contributed by atoms with Gasteiger partial charge in [-0.1, -0.05) is 11.8 Å². The Labute approximate surface area is 114 Å². The van der Waals surface area contributed by atoms with Crippen molar-refractivity contribution in [3.8, 4) is 0 Å². The van der Waals surface area contributed by atoms with Gasteiger partial charge >= 0.3 is 5.97 Å². The Hall–Kier alpha value is -1.83. The molecule has 0 amide bonds. The van der Waals surface area contributed by atoms with Crippen LogP contribution in [0.3, 0.4) is 0 Å². The standard InChI is InChI=1S/C11H15N5O2S/c1-8-5-12-15(6-8)3-4-16-9(2)13-14-11(16)19-7-10(17)18/h5-6H,3-4,7H2,1-2H3,(H,17,18). The Bertz CT molecular complexity index is 577. The van der Waals surface area contributed by atoms with Crippen LogP contribution in [0.15, 0.2) is 17.6 Å². The Balaban J connectivity index is 2.02. The molecule has 0 fully saturated rings. The summed E-state index contributed by atoms with van der Waals surface area (Å²) in [6.07, 6.45) is 3.77. The monoisotopic (exact) mass is 281 g/mol. The second-order valence-electron chi connectivity index (χ2n) is 4.14. The van der Waals surface area contributed by atoms with Gasteiger partial charge in [-0.25, -0.2) is 0 Å². The van der Waals surface area contributed by atoms with Crippen LogP contribution in [0.25, 0.3) is 0 Å². The van der Waals surface area contributed by atoms with Crippen molar-refractivity contribution in [2.45, 2.75) is 32.1 Å². The molecule has 7 nitrogen and oxygen atoms in total. The van der Waals surface area contributed by atoms with Crippen molar-refractivity contribution in [3.63, 3.8) is 0 Å². The predicted molar refractivity (Wildman–Crippen MR) is 70.1 cm³/mol. The third-order valence-electron chi connectivity index (χ3n) is 2.54. The lowest BCUT2D eigenvalue weighted by Gasteiger charge is -2.07. The van der Waals surface area contributed by atoms with E-state index in [1.165, 1.54) is 11.8 Å². The van der Waals surface area contributed by atoms with Gasteiger partial charge < -0.3 is 9.67 Å². The highest BCUT2D eigenvalue weighted by Gasteiger charge is 2.11. The van der Waals surface area contributed by atoms with Gasteiger partial charge in [-0.15, -0.1) is 10.2 Å². The van der Waals surface area contributed by atoms with Crippen LogP contribution in [0.4, 0.5) is 0 Å². The van der Waals surface area contributed by atoms with Gasteiger partial charge in [-0.2, -0.15) is 5.10 Å². The van der Waals surface area contributed by atoms with Crippen molar-refractivity contribution in [3.05, 3.63) is 23.8 Å². The first-order chi connectivity index (χ1) is 9.06. The Morgan fingerprint density at radius 3 is 2.79 bits per heavy atom. The number of thioether (sulfide) groups is 1. The Kier molecular flexibility index (Phi) is 4.20. The number of aryl methyl sites for hydroxylation is 3. The van der Waals surface area contributed by atoms with E-state index in [1.807, 2.05) is 29.3 Å². The number of rotatable bonds is 6. The highest BCUT2D eigenvalue weighted by Crippen LogP contribution is 2.16. The molecule has 102 valence electrons. The summed E-state index contributed by atoms with van der Waals surface area (Å²) in [5, 5.41) is 21.5. The number of carboxylic acid groups (broad SMARTS) is 1. The number of aromatic nitrogens is 5. The maximum absolute atomic E-state index is 10.6. The van der Waals surface area contributed by atoms with E-state index in [9.17, 15) is 4.79 Å². The van der Waals surface area contributed by atoms with E-state index in [-0.39, 0.29) is 5.75 Å². The SMILES string of the molecule is Cc1cnn(CCn2c(C)nnc2SCC(=O)O)c1. The van der Waals surface area contributed by atoms with Crippen LogP contribution in [0.2, 0.25) is 0 Å². The molecule has 0 radical (unpaired) electrons. The maximum Gasteiger partial charge on any atom is 0.313 e. The maximum atomic E-state index is 10.6. The van der Waals surface area contributed by atoms with Gasteiger partial charge in [-0.05, 0) is 19.4 Å². The van der Waals surface area contributed by atoms with E-state index in [0.29, 0.717) is 18.2 Å². The van der Waals surface area contributed by atoms with E-state index >= 15 is 0 Å². The first-order valence-electron chi connectivity index (χ1n) is 5.79. The summed E-state index contributed by atoms with van der Waals surface area (Å²) in [5.74, 6) is -0.101. The van der Waals surface area contributed by atoms with Crippen LogP contribution in [0.5, 0.6) is 0 Å². The molecular weight excluding hydrogens is 266 g/mol. The van der Waals surface area contributed by atoms with Crippen molar-refractivity contribution in [2.75, 3.05) is 5.75 Å². The molecule has 0 aliphatic rings. The molecule has 2 rings (SSSR count). The number of hydrogen-bond acceptors (Lipinski definition) is 5. The molecule has 0 atom stereocenters. The average Bonchev–Trinajstić information content (AvgIpc) is 2.91. The molecule has 1 N–H and O–H groups in total. The van der Waals surface area contributed by atoms with Crippen LogP contribution in [-0.2, 0) is 17.9 Å². The molecule has 0 unspecified atom stereocenters. The molecule has 0 aromatic carbocycles. The fourth-order valence-corrected chi connectivity index (χ4v) is 2.37. The van der Waals surface area contributed by atoms with Crippen LogP contribution in [-0.4, -0.2) is 41.4 Å². The third kappa shape index (κ3) is 3.57. The molecule has 2 heterocycles. The van der Waals surface area contributed by atoms with E-state index in [4.69, 9.17) is 5.11 Å². The smallest absolute Gasteiger partial charge is 0.313 e. The number of hydrogen-bond donors (Lipinski definition) is 1. The van der Waals surface area contributed by atoms with Crippen molar-refractivity contribution >= 4 is 17.7 Å². The normalized spacial score (nSPS) is 10.8. The summed E-state index contributed by atoms with van der Waals surface area (Å²) in [4.78, 5) is 10.6. The molecular formula is C11H15N5O2S. The minimum Gasteiger partial charge on any atom is -0.481 e. The van der Waals surface area contributed by atoms with Gasteiger partial charge in [0.05, 0.1) is 18.5 Å². The fourth-order valence-electron chi connectivity index (χ4n) is 1.64. The van der Waals surface area contributed by atoms with Crippen molar-refractivity contribution < 1.29 is 9.90 Å². The van der Waals surface area contributed by atoms with Crippen LogP contribution >= 0.6 is 11.8 Å². The molecule has 19 heavy (non-hydrogen) atoms. The molecule has 2 aromatic heterocycles. The summed E-state index contributed by atoms with van der Waals surface area (Å²) in [7, 11) is 0. The molecule has 0 aliphatic carbocycles. The summed E-state index contributed by atoms with van der Waals surface area (Å²) in [6, 6.07) is 0. The lowest BCUT2D eigenvalue weighted by atomic mass is 10.4. The van der Waals surface area contributed by atoms with E-state index in [0.717, 1.165) is 11.4 Å². The van der Waals surface area contributed by atoms with Crippen molar-refractivity contribution in [1.82, 2.24) is 24.5 Å². The summed E-state index contributed by atoms with van der Waals surface area (Å²) < 4.78 is 3.75. The largest absolute Gasteiger partial charge is 0.481 e. The lowest BCUT2D eigenvalue weighted by molar-refractivity contribution is -0.133. The molecule has 0 saturated heterocycles. The average molecular weight is 281 g/mol. The summed E-state index contributed by atoms with van der Waals surface area (Å²) >= 11 is 1.18. The molecule has 0 spiro atoms. The summed E-state index contributed by atoms with van der Waals surface area (Å²) in [5.41, 5.74) is 1.11. The first-order valence-corrected chi connectivity index (χ1v) is 6.78. The van der Waals surface area contributed by atoms with Gasteiger partial charge in [-0.3, -0.25) is 9.48 Å². The zero-order chi connectivity index (χ0) is 13.8. The topological polar surface area (TPSA) is 85.8 Å². The minimum atomic E-state index is -0.861. The van der Waals surface area contributed by atoms with Crippen molar-refractivity contribution in [2.24, 2.45) is 0 Å². The van der Waals surface area contributed by atoms with Crippen LogP contribution in [0, 0.1) is 13.8 Å². The number of aliphatic carboxylic acids is 1. The van der Waals surface area contributed by atoms with Crippen molar-refractivity contribution in [1.29, 1.82) is 0 Å². The highest BCUT2D eigenvalue weighted by atomic mass is 32.2. The fraction of sp³-hybridized carbons (Fsp3) is 0.455. The van der Waals surface area contributed by atoms with Crippen LogP contribution < -0.4 is 0 Å². The Morgan fingerprint density at radius 1 is 1.37 bits per heavy atom. The van der Waals surface area contributed by atoms with Gasteiger partial charge in [0.2, 0.25) is 0 Å². The Morgan fingerprint density at radius 2 is 2.16 bits per heavy atom. The highest BCUT2D eigenvalue weighted by molar-refractivity contribution is 7.99. The molecule has 0 bridgehead atoms. The number of carbonyl (C=O) groups is 1. The number of carboxylic acids is 1. The zero-order valence-electron chi connectivity index (χ0n) is 10.8. The van der Waals surface area contributed by atoms with E-state index in [2.05, 4.69) is 15.3 Å². The van der Waals surface area contributed by atoms with E-state index < -0.39 is 5.97 Å².